The van der Waals surface area contributed by atoms with Crippen LogP contribution in [-0.2, 0) is 17.7 Å². The lowest BCUT2D eigenvalue weighted by Crippen LogP contribution is -2.36. The summed E-state index contributed by atoms with van der Waals surface area (Å²) in [6.45, 7) is 5.19. The van der Waals surface area contributed by atoms with Crippen molar-refractivity contribution < 1.29 is 9.53 Å². The Kier molecular flexibility index (Phi) is 6.17. The van der Waals surface area contributed by atoms with Gasteiger partial charge < -0.3 is 14.2 Å². The van der Waals surface area contributed by atoms with E-state index in [-0.39, 0.29) is 11.8 Å². The number of nitrogens with zero attached hydrogens (tertiary/aromatic N) is 4. The van der Waals surface area contributed by atoms with Gasteiger partial charge in [-0.1, -0.05) is 30.3 Å². The lowest BCUT2D eigenvalue weighted by atomic mass is 9.96. The molecule has 1 atom stereocenters. The normalized spacial score (nSPS) is 16.6. The second kappa shape index (κ2) is 9.55. The van der Waals surface area contributed by atoms with Gasteiger partial charge in [-0.3, -0.25) is 9.78 Å². The van der Waals surface area contributed by atoms with E-state index in [1.54, 1.807) is 6.20 Å². The summed E-state index contributed by atoms with van der Waals surface area (Å²) in [7, 11) is 0. The lowest BCUT2D eigenvalue weighted by molar-refractivity contribution is 0.0737. The van der Waals surface area contributed by atoms with Gasteiger partial charge in [0.2, 0.25) is 0 Å². The second-order valence-electron chi connectivity index (χ2n) is 8.69. The molecule has 0 radical (unpaired) electrons. The predicted molar refractivity (Wildman–Crippen MR) is 128 cm³/mol. The number of rotatable bonds is 5. The zero-order valence-electron chi connectivity index (χ0n) is 18.9. The summed E-state index contributed by atoms with van der Waals surface area (Å²) in [4.78, 5) is 24.1. The Balaban J connectivity index is 1.32. The monoisotopic (exact) mass is 440 g/mol. The fraction of sp³-hybridized carbons (Fsp3) is 0.296. The van der Waals surface area contributed by atoms with Gasteiger partial charge in [-0.2, -0.15) is 0 Å². The highest BCUT2D eigenvalue weighted by molar-refractivity contribution is 5.94. The van der Waals surface area contributed by atoms with Gasteiger partial charge in [0, 0.05) is 55.1 Å². The molecule has 0 N–H and O–H groups in total. The van der Waals surface area contributed by atoms with Gasteiger partial charge in [0.25, 0.3) is 5.91 Å². The van der Waals surface area contributed by atoms with Gasteiger partial charge in [-0.05, 0) is 48.7 Å². The minimum absolute atomic E-state index is 0.0642. The number of carbonyl (C=O) groups is 1. The zero-order chi connectivity index (χ0) is 22.6. The van der Waals surface area contributed by atoms with Crippen LogP contribution in [-0.4, -0.2) is 51.6 Å². The number of amides is 1. The molecule has 1 amide bonds. The van der Waals surface area contributed by atoms with Gasteiger partial charge >= 0.3 is 0 Å². The minimum Gasteiger partial charge on any atom is -0.379 e. The second-order valence-corrected chi connectivity index (χ2v) is 8.69. The van der Waals surface area contributed by atoms with Crippen molar-refractivity contribution in [2.45, 2.75) is 19.9 Å². The van der Waals surface area contributed by atoms with E-state index in [4.69, 9.17) is 4.74 Å². The minimum atomic E-state index is 0.0642. The van der Waals surface area contributed by atoms with E-state index >= 15 is 0 Å². The first-order valence-corrected chi connectivity index (χ1v) is 11.4. The van der Waals surface area contributed by atoms with E-state index < -0.39 is 0 Å². The van der Waals surface area contributed by atoms with Crippen LogP contribution in [0.3, 0.4) is 0 Å². The average molecular weight is 441 g/mol. The van der Waals surface area contributed by atoms with E-state index in [9.17, 15) is 4.79 Å². The van der Waals surface area contributed by atoms with Crippen LogP contribution in [0.5, 0.6) is 0 Å². The number of aryl methyl sites for hydroxylation is 1. The van der Waals surface area contributed by atoms with Gasteiger partial charge in [-0.15, -0.1) is 0 Å². The largest absolute Gasteiger partial charge is 0.379 e. The van der Waals surface area contributed by atoms with Gasteiger partial charge in [0.15, 0.2) is 0 Å². The third kappa shape index (κ3) is 4.81. The number of benzene rings is 2. The Morgan fingerprint density at radius 3 is 2.88 bits per heavy atom. The lowest BCUT2D eigenvalue weighted by Gasteiger charge is -2.24. The van der Waals surface area contributed by atoms with Crippen molar-refractivity contribution in [2.75, 3.05) is 26.3 Å². The summed E-state index contributed by atoms with van der Waals surface area (Å²) >= 11 is 0. The van der Waals surface area contributed by atoms with E-state index in [0.717, 1.165) is 28.9 Å². The highest BCUT2D eigenvalue weighted by Crippen LogP contribution is 2.22. The molecule has 2 aromatic heterocycles. The van der Waals surface area contributed by atoms with Crippen molar-refractivity contribution in [1.82, 2.24) is 19.4 Å². The smallest absolute Gasteiger partial charge is 0.253 e. The Morgan fingerprint density at radius 1 is 1.09 bits per heavy atom. The van der Waals surface area contributed by atoms with Gasteiger partial charge in [0.1, 0.15) is 5.82 Å². The molecule has 0 bridgehead atoms. The highest BCUT2D eigenvalue weighted by Gasteiger charge is 2.24. The van der Waals surface area contributed by atoms with Crippen LogP contribution in [0.1, 0.15) is 27.3 Å². The molecule has 168 valence electrons. The Hall–Kier alpha value is -3.51. The summed E-state index contributed by atoms with van der Waals surface area (Å²) < 4.78 is 7.98. The molecule has 33 heavy (non-hydrogen) atoms. The van der Waals surface area contributed by atoms with Crippen molar-refractivity contribution in [2.24, 2.45) is 5.92 Å². The van der Waals surface area contributed by atoms with Crippen LogP contribution in [0.25, 0.3) is 10.9 Å². The molecule has 3 heterocycles. The van der Waals surface area contributed by atoms with Crippen LogP contribution in [0.4, 0.5) is 0 Å². The quantitative estimate of drug-likeness (QED) is 0.468. The number of ether oxygens (including phenoxy) is 1. The third-order valence-corrected chi connectivity index (χ3v) is 6.32. The highest BCUT2D eigenvalue weighted by atomic mass is 16.5. The van der Waals surface area contributed by atoms with Crippen molar-refractivity contribution in [3.05, 3.63) is 95.7 Å². The molecule has 0 saturated carbocycles. The van der Waals surface area contributed by atoms with Crippen LogP contribution < -0.4 is 0 Å². The standard InChI is InChI=1S/C27H28N4O2/c1-20-28-11-12-30(20)17-21-5-2-7-24(15-21)27(32)31-13-14-33-19-22(18-31)16-23-6-3-9-26-25(23)8-4-10-29-26/h2-12,15,22H,13-14,16-19H2,1H3. The van der Waals surface area contributed by atoms with Crippen LogP contribution in [0.15, 0.2) is 73.2 Å². The Morgan fingerprint density at radius 2 is 2.00 bits per heavy atom. The number of fused-ring (bicyclic) bond motifs is 1. The molecule has 4 aromatic rings. The molecular formula is C27H28N4O2. The Labute approximate surface area is 193 Å². The molecule has 0 spiro atoms. The van der Waals surface area contributed by atoms with Crippen molar-refractivity contribution in [1.29, 1.82) is 0 Å². The summed E-state index contributed by atoms with van der Waals surface area (Å²) in [6.07, 6.45) is 6.44. The summed E-state index contributed by atoms with van der Waals surface area (Å²) in [5.41, 5.74) is 4.07. The summed E-state index contributed by atoms with van der Waals surface area (Å²) in [5, 5.41) is 1.17. The predicted octanol–water partition coefficient (Wildman–Crippen LogP) is 4.12. The van der Waals surface area contributed by atoms with Gasteiger partial charge in [-0.25, -0.2) is 4.98 Å². The first-order chi connectivity index (χ1) is 16.2. The van der Waals surface area contributed by atoms with Crippen molar-refractivity contribution >= 4 is 16.8 Å². The van der Waals surface area contributed by atoms with Crippen LogP contribution >= 0.6 is 0 Å². The first-order valence-electron chi connectivity index (χ1n) is 11.4. The van der Waals surface area contributed by atoms with Crippen molar-refractivity contribution in [3.8, 4) is 0 Å². The SMILES string of the molecule is Cc1nccn1Cc1cccc(C(=O)N2CCOCC(Cc3cccc4ncccc34)C2)c1. The molecule has 1 fully saturated rings. The molecule has 1 aliphatic heterocycles. The van der Waals surface area contributed by atoms with Crippen molar-refractivity contribution in [3.63, 3.8) is 0 Å². The maximum atomic E-state index is 13.4. The maximum absolute atomic E-state index is 13.4. The molecule has 1 aliphatic rings. The number of pyridine rings is 1. The molecular weight excluding hydrogens is 412 g/mol. The first kappa shape index (κ1) is 21.3. The molecule has 1 saturated heterocycles. The topological polar surface area (TPSA) is 60.2 Å². The Bertz CT molecular complexity index is 1260. The zero-order valence-corrected chi connectivity index (χ0v) is 18.9. The molecule has 5 rings (SSSR count). The number of aromatic nitrogens is 3. The maximum Gasteiger partial charge on any atom is 0.253 e. The number of carbonyl (C=O) groups excluding carboxylic acids is 1. The summed E-state index contributed by atoms with van der Waals surface area (Å²) in [5.74, 6) is 1.26. The van der Waals surface area contributed by atoms with Crippen LogP contribution in [0, 0.1) is 12.8 Å². The number of imidazole rings is 1. The summed E-state index contributed by atoms with van der Waals surface area (Å²) in [6, 6.07) is 18.3. The number of hydrogen-bond acceptors (Lipinski definition) is 4. The fourth-order valence-electron chi connectivity index (χ4n) is 4.60. The molecule has 1 unspecified atom stereocenters. The van der Waals surface area contributed by atoms with E-state index in [0.29, 0.717) is 32.8 Å². The number of hydrogen-bond donors (Lipinski definition) is 0. The molecule has 6 heteroatoms. The van der Waals surface area contributed by atoms with E-state index in [1.165, 1.54) is 10.9 Å². The van der Waals surface area contributed by atoms with E-state index in [1.807, 2.05) is 54.5 Å². The average Bonchev–Trinajstić information content (AvgIpc) is 3.10. The molecule has 6 nitrogen and oxygen atoms in total. The molecule has 2 aromatic carbocycles. The van der Waals surface area contributed by atoms with E-state index in [2.05, 4.69) is 38.8 Å². The fourth-order valence-corrected chi connectivity index (χ4v) is 4.60. The molecule has 0 aliphatic carbocycles. The van der Waals surface area contributed by atoms with Crippen LogP contribution in [0.2, 0.25) is 0 Å². The van der Waals surface area contributed by atoms with Gasteiger partial charge in [0.05, 0.1) is 18.7 Å². The third-order valence-electron chi connectivity index (χ3n) is 6.32.